The Hall–Kier alpha value is -2.19. The molecule has 1 unspecified atom stereocenters. The lowest BCUT2D eigenvalue weighted by Gasteiger charge is -2.32. The number of carbonyl (C=O) groups is 1. The Kier molecular flexibility index (Phi) is 6.28. The van der Waals surface area contributed by atoms with E-state index in [1.165, 1.54) is 0 Å². The predicted octanol–water partition coefficient (Wildman–Crippen LogP) is 2.44. The SMILES string of the molecule is CN(C)CCOc1ccccc1C(=O)N1CCCC(c2n[nH]c(=S)n2C)C1. The van der Waals surface area contributed by atoms with Crippen molar-refractivity contribution in [3.63, 3.8) is 0 Å². The van der Waals surface area contributed by atoms with Crippen LogP contribution in [0.3, 0.4) is 0 Å². The third kappa shape index (κ3) is 4.56. The maximum Gasteiger partial charge on any atom is 0.257 e. The Labute approximate surface area is 164 Å². The number of hydrogen-bond acceptors (Lipinski definition) is 5. The third-order valence-electron chi connectivity index (χ3n) is 4.90. The lowest BCUT2D eigenvalue weighted by molar-refractivity contribution is 0.0698. The van der Waals surface area contributed by atoms with Gasteiger partial charge in [-0.1, -0.05) is 12.1 Å². The molecule has 1 N–H and O–H groups in total. The van der Waals surface area contributed by atoms with Crippen molar-refractivity contribution in [2.75, 3.05) is 40.3 Å². The van der Waals surface area contributed by atoms with Crippen molar-refractivity contribution < 1.29 is 9.53 Å². The second-order valence-electron chi connectivity index (χ2n) is 7.18. The van der Waals surface area contributed by atoms with Gasteiger partial charge in [0.05, 0.1) is 5.56 Å². The third-order valence-corrected chi connectivity index (χ3v) is 5.27. The van der Waals surface area contributed by atoms with Gasteiger partial charge in [0.25, 0.3) is 5.91 Å². The topological polar surface area (TPSA) is 66.4 Å². The van der Waals surface area contributed by atoms with Crippen LogP contribution in [0, 0.1) is 4.77 Å². The fourth-order valence-corrected chi connectivity index (χ4v) is 3.51. The molecule has 0 radical (unpaired) electrons. The van der Waals surface area contributed by atoms with Crippen molar-refractivity contribution in [1.82, 2.24) is 24.6 Å². The van der Waals surface area contributed by atoms with Crippen LogP contribution in [0.25, 0.3) is 0 Å². The van der Waals surface area contributed by atoms with Crippen molar-refractivity contribution in [2.45, 2.75) is 18.8 Å². The number of nitrogens with zero attached hydrogens (tertiary/aromatic N) is 4. The number of likely N-dealkylation sites (N-methyl/N-ethyl adjacent to an activating group) is 1. The summed E-state index contributed by atoms with van der Waals surface area (Å²) in [6, 6.07) is 7.48. The molecule has 146 valence electrons. The van der Waals surface area contributed by atoms with Crippen LogP contribution in [0.1, 0.15) is 34.9 Å². The fraction of sp³-hybridized carbons (Fsp3) is 0.526. The van der Waals surface area contributed by atoms with Crippen molar-refractivity contribution in [1.29, 1.82) is 0 Å². The first kappa shape index (κ1) is 19.6. The molecule has 8 heteroatoms. The van der Waals surface area contributed by atoms with Gasteiger partial charge in [-0.25, -0.2) is 0 Å². The fourth-order valence-electron chi connectivity index (χ4n) is 3.37. The Morgan fingerprint density at radius 1 is 1.41 bits per heavy atom. The number of para-hydroxylation sites is 1. The van der Waals surface area contributed by atoms with E-state index in [0.29, 0.717) is 29.2 Å². The summed E-state index contributed by atoms with van der Waals surface area (Å²) in [5.74, 6) is 1.75. The molecule has 0 saturated carbocycles. The Morgan fingerprint density at radius 2 is 2.19 bits per heavy atom. The molecule has 1 aliphatic rings. The predicted molar refractivity (Wildman–Crippen MR) is 107 cm³/mol. The maximum atomic E-state index is 13.2. The van der Waals surface area contributed by atoms with E-state index in [4.69, 9.17) is 17.0 Å². The minimum absolute atomic E-state index is 0.0111. The molecular weight excluding hydrogens is 362 g/mol. The van der Waals surface area contributed by atoms with Gasteiger partial charge in [-0.05, 0) is 51.3 Å². The highest BCUT2D eigenvalue weighted by molar-refractivity contribution is 7.71. The second-order valence-corrected chi connectivity index (χ2v) is 7.57. The van der Waals surface area contributed by atoms with Crippen LogP contribution in [-0.4, -0.2) is 70.8 Å². The van der Waals surface area contributed by atoms with Crippen LogP contribution in [0.15, 0.2) is 24.3 Å². The van der Waals surface area contributed by atoms with Gasteiger partial charge in [-0.15, -0.1) is 0 Å². The zero-order chi connectivity index (χ0) is 19.4. The molecule has 0 aliphatic carbocycles. The quantitative estimate of drug-likeness (QED) is 0.769. The number of hydrogen-bond donors (Lipinski definition) is 1. The molecule has 1 aliphatic heterocycles. The standard InChI is InChI=1S/C19H27N5O2S/c1-22(2)11-12-26-16-9-5-4-8-15(16)18(25)24-10-6-7-14(13-24)17-20-21-19(27)23(17)3/h4-5,8-9,14H,6-7,10-13H2,1-3H3,(H,21,27). The highest BCUT2D eigenvalue weighted by Crippen LogP contribution is 2.28. The lowest BCUT2D eigenvalue weighted by Crippen LogP contribution is -2.40. The molecule has 1 aromatic heterocycles. The van der Waals surface area contributed by atoms with Gasteiger partial charge < -0.3 is 19.1 Å². The van der Waals surface area contributed by atoms with Gasteiger partial charge in [0.1, 0.15) is 18.2 Å². The normalized spacial score (nSPS) is 17.3. The summed E-state index contributed by atoms with van der Waals surface area (Å²) < 4.78 is 8.37. The van der Waals surface area contributed by atoms with E-state index < -0.39 is 0 Å². The van der Waals surface area contributed by atoms with Crippen LogP contribution in [0.4, 0.5) is 0 Å². The largest absolute Gasteiger partial charge is 0.491 e. The van der Waals surface area contributed by atoms with Crippen molar-refractivity contribution in [3.05, 3.63) is 40.4 Å². The zero-order valence-electron chi connectivity index (χ0n) is 16.1. The number of nitrogens with one attached hydrogen (secondary N) is 1. The molecule has 1 atom stereocenters. The molecule has 1 fully saturated rings. The average Bonchev–Trinajstić information content (AvgIpc) is 3.00. The number of amides is 1. The van der Waals surface area contributed by atoms with E-state index >= 15 is 0 Å². The van der Waals surface area contributed by atoms with E-state index in [0.717, 1.165) is 31.8 Å². The molecular formula is C19H27N5O2S. The number of ether oxygens (including phenoxy) is 1. The van der Waals surface area contributed by atoms with Crippen molar-refractivity contribution in [2.24, 2.45) is 7.05 Å². The lowest BCUT2D eigenvalue weighted by atomic mass is 9.96. The first-order chi connectivity index (χ1) is 13.0. The molecule has 0 spiro atoms. The van der Waals surface area contributed by atoms with E-state index in [1.54, 1.807) is 0 Å². The molecule has 27 heavy (non-hydrogen) atoms. The molecule has 3 rings (SSSR count). The number of benzene rings is 1. The van der Waals surface area contributed by atoms with Gasteiger partial charge in [0.15, 0.2) is 4.77 Å². The Bertz CT molecular complexity index is 845. The molecule has 2 aromatic rings. The summed E-state index contributed by atoms with van der Waals surface area (Å²) in [6.07, 6.45) is 1.94. The highest BCUT2D eigenvalue weighted by atomic mass is 32.1. The van der Waals surface area contributed by atoms with Crippen LogP contribution >= 0.6 is 12.2 Å². The molecule has 1 saturated heterocycles. The van der Waals surface area contributed by atoms with Gasteiger partial charge in [0, 0.05) is 32.6 Å². The van der Waals surface area contributed by atoms with E-state index in [2.05, 4.69) is 15.1 Å². The monoisotopic (exact) mass is 389 g/mol. The summed E-state index contributed by atoms with van der Waals surface area (Å²) in [5, 5.41) is 7.20. The molecule has 0 bridgehead atoms. The minimum Gasteiger partial charge on any atom is -0.491 e. The summed E-state index contributed by atoms with van der Waals surface area (Å²) in [6.45, 7) is 2.73. The van der Waals surface area contributed by atoms with Gasteiger partial charge in [-0.2, -0.15) is 5.10 Å². The molecule has 1 amide bonds. The summed E-state index contributed by atoms with van der Waals surface area (Å²) >= 11 is 5.22. The number of piperidine rings is 1. The van der Waals surface area contributed by atoms with Gasteiger partial charge in [0.2, 0.25) is 0 Å². The number of H-pyrrole nitrogens is 1. The van der Waals surface area contributed by atoms with Crippen LogP contribution in [-0.2, 0) is 7.05 Å². The Balaban J connectivity index is 1.73. The van der Waals surface area contributed by atoms with Crippen LogP contribution < -0.4 is 4.74 Å². The molecule has 2 heterocycles. The smallest absolute Gasteiger partial charge is 0.257 e. The summed E-state index contributed by atoms with van der Waals surface area (Å²) in [4.78, 5) is 17.1. The van der Waals surface area contributed by atoms with Gasteiger partial charge >= 0.3 is 0 Å². The van der Waals surface area contributed by atoms with E-state index in [9.17, 15) is 4.79 Å². The minimum atomic E-state index is 0.0111. The van der Waals surface area contributed by atoms with Gasteiger partial charge in [-0.3, -0.25) is 9.89 Å². The van der Waals surface area contributed by atoms with Crippen molar-refractivity contribution >= 4 is 18.1 Å². The number of aromatic amines is 1. The highest BCUT2D eigenvalue weighted by Gasteiger charge is 2.29. The maximum absolute atomic E-state index is 13.2. The number of rotatable bonds is 6. The van der Waals surface area contributed by atoms with Crippen LogP contribution in [0.2, 0.25) is 0 Å². The summed E-state index contributed by atoms with van der Waals surface area (Å²) in [5.41, 5.74) is 0.618. The number of likely N-dealkylation sites (tertiary alicyclic amines) is 1. The second kappa shape index (κ2) is 8.67. The Morgan fingerprint density at radius 3 is 2.89 bits per heavy atom. The van der Waals surface area contributed by atoms with E-state index in [1.807, 2.05) is 54.9 Å². The van der Waals surface area contributed by atoms with E-state index in [-0.39, 0.29) is 11.8 Å². The average molecular weight is 390 g/mol. The summed E-state index contributed by atoms with van der Waals surface area (Å²) in [7, 11) is 5.91. The number of carbonyl (C=O) groups excluding carboxylic acids is 1. The van der Waals surface area contributed by atoms with Crippen LogP contribution in [0.5, 0.6) is 5.75 Å². The number of aromatic nitrogens is 3. The van der Waals surface area contributed by atoms with Crippen molar-refractivity contribution in [3.8, 4) is 5.75 Å². The zero-order valence-corrected chi connectivity index (χ0v) is 17.0. The molecule has 7 nitrogen and oxygen atoms in total. The molecule has 1 aromatic carbocycles. The first-order valence-corrected chi connectivity index (χ1v) is 9.65. The first-order valence-electron chi connectivity index (χ1n) is 9.24.